The number of fused-ring (bicyclic) bond motifs is 1. The topological polar surface area (TPSA) is 94.9 Å². The molecule has 0 saturated carbocycles. The van der Waals surface area contributed by atoms with Gasteiger partial charge in [0.2, 0.25) is 5.43 Å². The fourth-order valence-electron chi connectivity index (χ4n) is 4.49. The van der Waals surface area contributed by atoms with Crippen LogP contribution in [0.1, 0.15) is 45.3 Å². The molecule has 37 heavy (non-hydrogen) atoms. The first kappa shape index (κ1) is 25.9. The summed E-state index contributed by atoms with van der Waals surface area (Å²) in [4.78, 5) is 42.6. The number of halogens is 1. The van der Waals surface area contributed by atoms with Crippen LogP contribution in [0.4, 0.5) is 10.1 Å². The fraction of sp³-hybridized carbons (Fsp3) is 0.321. The maximum absolute atomic E-state index is 13.2. The Morgan fingerprint density at radius 2 is 1.86 bits per heavy atom. The first-order chi connectivity index (χ1) is 17.8. The van der Waals surface area contributed by atoms with E-state index >= 15 is 0 Å². The highest BCUT2D eigenvalue weighted by atomic mass is 19.1. The third-order valence-corrected chi connectivity index (χ3v) is 6.47. The van der Waals surface area contributed by atoms with Gasteiger partial charge in [0.25, 0.3) is 11.8 Å². The number of aromatic nitrogens is 1. The zero-order chi connectivity index (χ0) is 26.5. The average Bonchev–Trinajstić information content (AvgIpc) is 2.88. The predicted molar refractivity (Wildman–Crippen MR) is 140 cm³/mol. The number of hydrogen-bond donors (Lipinski definition) is 2. The third-order valence-electron chi connectivity index (χ3n) is 6.47. The van der Waals surface area contributed by atoms with Crippen LogP contribution in [0, 0.1) is 12.7 Å². The van der Waals surface area contributed by atoms with E-state index in [1.807, 2.05) is 25.1 Å². The zero-order valence-electron chi connectivity index (χ0n) is 21.0. The van der Waals surface area contributed by atoms with Crippen molar-refractivity contribution in [2.24, 2.45) is 0 Å². The summed E-state index contributed by atoms with van der Waals surface area (Å²) in [7, 11) is 0. The zero-order valence-corrected chi connectivity index (χ0v) is 21.0. The van der Waals surface area contributed by atoms with E-state index in [2.05, 4.69) is 23.2 Å². The van der Waals surface area contributed by atoms with Gasteiger partial charge in [-0.3, -0.25) is 14.4 Å². The predicted octanol–water partition coefficient (Wildman–Crippen LogP) is 3.30. The van der Waals surface area contributed by atoms with E-state index in [0.717, 1.165) is 24.2 Å². The van der Waals surface area contributed by atoms with E-state index < -0.39 is 23.0 Å². The molecule has 8 nitrogen and oxygen atoms in total. The number of carbonyl (C=O) groups excluding carboxylic acids is 2. The van der Waals surface area contributed by atoms with Crippen molar-refractivity contribution in [2.75, 3.05) is 31.1 Å². The van der Waals surface area contributed by atoms with Crippen LogP contribution < -0.4 is 15.6 Å². The Kier molecular flexibility index (Phi) is 7.91. The van der Waals surface area contributed by atoms with Gasteiger partial charge in [0, 0.05) is 51.2 Å². The Morgan fingerprint density at radius 1 is 1.11 bits per heavy atom. The monoisotopic (exact) mass is 506 g/mol. The van der Waals surface area contributed by atoms with Crippen molar-refractivity contribution < 1.29 is 19.1 Å². The second-order valence-electron chi connectivity index (χ2n) is 9.19. The number of aromatic hydroxyl groups is 1. The SMILES string of the molecule is CCCN(CCN1CCn2cc(C(=O)NCc3ccc(F)cc3)c(=O)c(O)c2C1=O)c1cccc(C)c1. The average molecular weight is 507 g/mol. The van der Waals surface area contributed by atoms with Crippen LogP contribution in [0.5, 0.6) is 5.75 Å². The lowest BCUT2D eigenvalue weighted by molar-refractivity contribution is 0.0700. The maximum atomic E-state index is 13.2. The molecule has 2 amide bonds. The number of amides is 2. The van der Waals surface area contributed by atoms with Gasteiger partial charge < -0.3 is 24.8 Å². The molecule has 4 rings (SSSR count). The number of anilines is 1. The maximum Gasteiger partial charge on any atom is 0.274 e. The second-order valence-corrected chi connectivity index (χ2v) is 9.19. The highest BCUT2D eigenvalue weighted by molar-refractivity contribution is 5.99. The van der Waals surface area contributed by atoms with Gasteiger partial charge in [0.05, 0.1) is 0 Å². The Labute approximate surface area is 214 Å². The lowest BCUT2D eigenvalue weighted by Crippen LogP contribution is -2.46. The van der Waals surface area contributed by atoms with Crippen molar-refractivity contribution in [3.8, 4) is 5.75 Å². The number of benzene rings is 2. The first-order valence-electron chi connectivity index (χ1n) is 12.4. The molecule has 2 N–H and O–H groups in total. The molecule has 1 aliphatic rings. The molecule has 0 unspecified atom stereocenters. The molecule has 9 heteroatoms. The quantitative estimate of drug-likeness (QED) is 0.465. The molecular weight excluding hydrogens is 475 g/mol. The lowest BCUT2D eigenvalue weighted by atomic mass is 10.1. The van der Waals surface area contributed by atoms with E-state index in [0.29, 0.717) is 31.7 Å². The number of nitrogens with one attached hydrogen (secondary N) is 1. The van der Waals surface area contributed by atoms with Crippen molar-refractivity contribution in [3.05, 3.63) is 93.2 Å². The molecular formula is C28H31FN4O4. The summed E-state index contributed by atoms with van der Waals surface area (Å²) in [6.07, 6.45) is 2.27. The van der Waals surface area contributed by atoms with Gasteiger partial charge in [-0.05, 0) is 48.7 Å². The summed E-state index contributed by atoms with van der Waals surface area (Å²) in [5.74, 6) is -2.24. The summed E-state index contributed by atoms with van der Waals surface area (Å²) >= 11 is 0. The molecule has 0 saturated heterocycles. The number of hydrogen-bond acceptors (Lipinski definition) is 5. The van der Waals surface area contributed by atoms with Crippen molar-refractivity contribution in [1.82, 2.24) is 14.8 Å². The van der Waals surface area contributed by atoms with E-state index in [4.69, 9.17) is 0 Å². The van der Waals surface area contributed by atoms with Crippen LogP contribution in [0.15, 0.2) is 59.5 Å². The van der Waals surface area contributed by atoms with E-state index in [1.165, 1.54) is 35.0 Å². The Bertz CT molecular complexity index is 1350. The van der Waals surface area contributed by atoms with Crippen LogP contribution in [-0.4, -0.2) is 52.6 Å². The minimum Gasteiger partial charge on any atom is -0.503 e. The minimum absolute atomic E-state index is 0.0863. The molecule has 194 valence electrons. The van der Waals surface area contributed by atoms with Crippen LogP contribution >= 0.6 is 0 Å². The number of pyridine rings is 1. The van der Waals surface area contributed by atoms with Crippen LogP contribution in [0.2, 0.25) is 0 Å². The summed E-state index contributed by atoms with van der Waals surface area (Å²) < 4.78 is 14.6. The number of carbonyl (C=O) groups is 2. The van der Waals surface area contributed by atoms with Gasteiger partial charge in [-0.1, -0.05) is 31.2 Å². The molecule has 0 fully saturated rings. The van der Waals surface area contributed by atoms with E-state index in [-0.39, 0.29) is 23.6 Å². The van der Waals surface area contributed by atoms with Gasteiger partial charge in [-0.15, -0.1) is 0 Å². The summed E-state index contributed by atoms with van der Waals surface area (Å²) in [5, 5.41) is 13.2. The third kappa shape index (κ3) is 5.82. The van der Waals surface area contributed by atoms with Crippen molar-refractivity contribution in [1.29, 1.82) is 0 Å². The van der Waals surface area contributed by atoms with Crippen molar-refractivity contribution in [3.63, 3.8) is 0 Å². The molecule has 0 radical (unpaired) electrons. The fourth-order valence-corrected chi connectivity index (χ4v) is 4.49. The summed E-state index contributed by atoms with van der Waals surface area (Å²) in [5.41, 5.74) is 1.64. The normalized spacial score (nSPS) is 12.8. The molecule has 1 aliphatic heterocycles. The molecule has 2 aromatic carbocycles. The van der Waals surface area contributed by atoms with Crippen molar-refractivity contribution >= 4 is 17.5 Å². The van der Waals surface area contributed by atoms with E-state index in [1.54, 1.807) is 4.90 Å². The molecule has 0 spiro atoms. The Balaban J connectivity index is 1.47. The minimum atomic E-state index is -0.898. The molecule has 0 aliphatic carbocycles. The molecule has 3 aromatic rings. The summed E-state index contributed by atoms with van der Waals surface area (Å²) in [6.45, 7) is 6.83. The smallest absolute Gasteiger partial charge is 0.274 e. The highest BCUT2D eigenvalue weighted by Crippen LogP contribution is 2.21. The number of nitrogens with zero attached hydrogens (tertiary/aromatic N) is 3. The van der Waals surface area contributed by atoms with Crippen LogP contribution in [0.3, 0.4) is 0 Å². The molecule has 1 aromatic heterocycles. The van der Waals surface area contributed by atoms with Gasteiger partial charge in [-0.25, -0.2) is 4.39 Å². The van der Waals surface area contributed by atoms with Gasteiger partial charge in [-0.2, -0.15) is 0 Å². The highest BCUT2D eigenvalue weighted by Gasteiger charge is 2.31. The number of rotatable bonds is 9. The van der Waals surface area contributed by atoms with Crippen molar-refractivity contribution in [2.45, 2.75) is 33.4 Å². The summed E-state index contributed by atoms with van der Waals surface area (Å²) in [6, 6.07) is 13.8. The number of aryl methyl sites for hydroxylation is 1. The van der Waals surface area contributed by atoms with Crippen LogP contribution in [0.25, 0.3) is 0 Å². The molecule has 0 bridgehead atoms. The van der Waals surface area contributed by atoms with Gasteiger partial charge in [0.15, 0.2) is 11.4 Å². The largest absolute Gasteiger partial charge is 0.503 e. The molecule has 2 heterocycles. The van der Waals surface area contributed by atoms with Gasteiger partial charge in [0.1, 0.15) is 11.4 Å². The van der Waals surface area contributed by atoms with Gasteiger partial charge >= 0.3 is 0 Å². The Morgan fingerprint density at radius 3 is 2.57 bits per heavy atom. The molecule has 0 atom stereocenters. The Hall–Kier alpha value is -4.14. The van der Waals surface area contributed by atoms with Crippen LogP contribution in [-0.2, 0) is 13.1 Å². The lowest BCUT2D eigenvalue weighted by Gasteiger charge is -2.33. The standard InChI is InChI=1S/C28H31FN4O4/c1-3-11-31(22-6-4-5-19(2)16-22)12-13-32-14-15-33-18-23(25(34)26(35)24(33)28(32)37)27(36)30-17-20-7-9-21(29)10-8-20/h4-10,16,18,35H,3,11-15,17H2,1-2H3,(H,30,36). The van der Waals surface area contributed by atoms with E-state index in [9.17, 15) is 23.9 Å². The first-order valence-corrected chi connectivity index (χ1v) is 12.4. The second kappa shape index (κ2) is 11.3.